The van der Waals surface area contributed by atoms with E-state index in [-0.39, 0.29) is 35.3 Å². The molecule has 0 atom stereocenters. The molecule has 2 aromatic carbocycles. The number of rotatable bonds is 8. The highest BCUT2D eigenvalue weighted by Crippen LogP contribution is 2.22. The van der Waals surface area contributed by atoms with Gasteiger partial charge in [-0.1, -0.05) is 35.5 Å². The maximum absolute atomic E-state index is 12.5. The number of Topliss-reactive ketones (excluding diaryl/α,β-unsaturated/α-hetero) is 1. The van der Waals surface area contributed by atoms with Crippen molar-refractivity contribution in [2.24, 2.45) is 0 Å². The Kier molecular flexibility index (Phi) is 6.31. The molecule has 156 valence electrons. The van der Waals surface area contributed by atoms with Gasteiger partial charge < -0.3 is 9.84 Å². The molecule has 0 bridgehead atoms. The monoisotopic (exact) mass is 427 g/mol. The van der Waals surface area contributed by atoms with Gasteiger partial charge in [-0.25, -0.2) is 13.1 Å². The molecule has 9 heteroatoms. The number of carbonyl (C=O) groups excluding carboxylic acids is 2. The summed E-state index contributed by atoms with van der Waals surface area (Å²) < 4.78 is 32.3. The molecule has 8 nitrogen and oxygen atoms in total. The summed E-state index contributed by atoms with van der Waals surface area (Å²) in [6.45, 7) is 3.41. The molecule has 0 fully saturated rings. The van der Waals surface area contributed by atoms with E-state index in [1.165, 1.54) is 24.3 Å². The van der Waals surface area contributed by atoms with Crippen molar-refractivity contribution in [3.63, 3.8) is 0 Å². The summed E-state index contributed by atoms with van der Waals surface area (Å²) in [6.07, 6.45) is 0.113. The molecule has 0 radical (unpaired) electrons. The summed E-state index contributed by atoms with van der Waals surface area (Å²) in [5, 5.41) is 6.37. The number of sulfonamides is 1. The van der Waals surface area contributed by atoms with Crippen LogP contribution in [0.1, 0.15) is 34.5 Å². The third-order valence-electron chi connectivity index (χ3n) is 4.51. The van der Waals surface area contributed by atoms with Gasteiger partial charge in [-0.2, -0.15) is 0 Å². The molecule has 0 saturated heterocycles. The Balaban J connectivity index is 1.58. The van der Waals surface area contributed by atoms with Crippen molar-refractivity contribution < 1.29 is 22.5 Å². The number of hydrogen-bond donors (Lipinski definition) is 2. The van der Waals surface area contributed by atoms with Crippen LogP contribution in [0, 0.1) is 13.8 Å². The van der Waals surface area contributed by atoms with Crippen molar-refractivity contribution in [3.8, 4) is 0 Å². The zero-order valence-corrected chi connectivity index (χ0v) is 17.3. The first-order chi connectivity index (χ1) is 14.3. The number of anilines is 2. The van der Waals surface area contributed by atoms with Crippen molar-refractivity contribution in [2.75, 3.05) is 10.0 Å². The van der Waals surface area contributed by atoms with E-state index in [1.54, 1.807) is 38.1 Å². The van der Waals surface area contributed by atoms with E-state index in [0.717, 1.165) is 0 Å². The van der Waals surface area contributed by atoms with Crippen LogP contribution >= 0.6 is 0 Å². The summed E-state index contributed by atoms with van der Waals surface area (Å²) in [4.78, 5) is 24.2. The summed E-state index contributed by atoms with van der Waals surface area (Å²) in [6, 6.07) is 14.4. The van der Waals surface area contributed by atoms with Crippen LogP contribution in [0.4, 0.5) is 11.6 Å². The normalized spacial score (nSPS) is 11.1. The molecule has 0 spiro atoms. The Bertz CT molecular complexity index is 1150. The van der Waals surface area contributed by atoms with Crippen molar-refractivity contribution in [3.05, 3.63) is 71.4 Å². The first-order valence-electron chi connectivity index (χ1n) is 9.20. The van der Waals surface area contributed by atoms with E-state index in [9.17, 15) is 18.0 Å². The number of aryl methyl sites for hydroxylation is 1. The van der Waals surface area contributed by atoms with Crippen LogP contribution in [-0.4, -0.2) is 25.3 Å². The molecule has 0 saturated carbocycles. The number of carbonyl (C=O) groups is 2. The number of hydrogen-bond acceptors (Lipinski definition) is 6. The zero-order valence-electron chi connectivity index (χ0n) is 16.5. The van der Waals surface area contributed by atoms with E-state index in [0.29, 0.717) is 22.5 Å². The van der Waals surface area contributed by atoms with E-state index in [1.807, 2.05) is 6.07 Å². The molecule has 2 N–H and O–H groups in total. The highest BCUT2D eigenvalue weighted by Gasteiger charge is 2.19. The third kappa shape index (κ3) is 5.12. The minimum absolute atomic E-state index is 0.00760. The first-order valence-corrected chi connectivity index (χ1v) is 10.7. The zero-order chi connectivity index (χ0) is 21.7. The molecule has 1 aromatic heterocycles. The van der Waals surface area contributed by atoms with Crippen molar-refractivity contribution in [1.29, 1.82) is 0 Å². The molecule has 1 amide bonds. The van der Waals surface area contributed by atoms with E-state index in [2.05, 4.69) is 15.2 Å². The molecule has 3 aromatic rings. The fourth-order valence-corrected chi connectivity index (χ4v) is 3.67. The lowest BCUT2D eigenvalue weighted by molar-refractivity contribution is -0.116. The van der Waals surface area contributed by atoms with Crippen molar-refractivity contribution in [2.45, 2.75) is 31.6 Å². The van der Waals surface area contributed by atoms with Gasteiger partial charge in [0.05, 0.1) is 10.6 Å². The van der Waals surface area contributed by atoms with Gasteiger partial charge in [0.1, 0.15) is 0 Å². The van der Waals surface area contributed by atoms with Crippen molar-refractivity contribution >= 4 is 33.3 Å². The average molecular weight is 427 g/mol. The SMILES string of the molecule is Cc1noc(NS(=O)(=O)c2ccc(NC(=O)CCC(=O)c3ccccc3)cc2)c1C. The Labute approximate surface area is 174 Å². The molecule has 0 aliphatic heterocycles. The van der Waals surface area contributed by atoms with Gasteiger partial charge in [-0.05, 0) is 38.1 Å². The summed E-state index contributed by atoms with van der Waals surface area (Å²) in [7, 11) is -3.86. The molecule has 3 rings (SSSR count). The second-order valence-corrected chi connectivity index (χ2v) is 8.37. The lowest BCUT2D eigenvalue weighted by atomic mass is 10.1. The second kappa shape index (κ2) is 8.91. The van der Waals surface area contributed by atoms with Crippen LogP contribution in [0.5, 0.6) is 0 Å². The second-order valence-electron chi connectivity index (χ2n) is 6.69. The molecule has 1 heterocycles. The molecule has 0 aliphatic rings. The predicted octanol–water partition coefficient (Wildman–Crippen LogP) is 3.69. The van der Waals surface area contributed by atoms with Gasteiger partial charge in [0.25, 0.3) is 10.0 Å². The largest absolute Gasteiger partial charge is 0.337 e. The van der Waals surface area contributed by atoms with E-state index >= 15 is 0 Å². The Morgan fingerprint density at radius 1 is 0.967 bits per heavy atom. The first kappa shape index (κ1) is 21.3. The molecule has 30 heavy (non-hydrogen) atoms. The van der Waals surface area contributed by atoms with Gasteiger partial charge in [0.2, 0.25) is 11.8 Å². The molecule has 0 unspecified atom stereocenters. The standard InChI is InChI=1S/C21H21N3O5S/c1-14-15(2)23-29-21(14)24-30(27,28)18-10-8-17(9-11-18)22-20(26)13-12-19(25)16-6-4-3-5-7-16/h3-11,24H,12-13H2,1-2H3,(H,22,26). The number of ketones is 1. The Hall–Kier alpha value is -3.46. The third-order valence-corrected chi connectivity index (χ3v) is 5.85. The molecular weight excluding hydrogens is 406 g/mol. The highest BCUT2D eigenvalue weighted by atomic mass is 32.2. The molecular formula is C21H21N3O5S. The van der Waals surface area contributed by atoms with Crippen LogP contribution < -0.4 is 10.0 Å². The van der Waals surface area contributed by atoms with Crippen molar-refractivity contribution in [1.82, 2.24) is 5.16 Å². The quantitative estimate of drug-likeness (QED) is 0.529. The Morgan fingerprint density at radius 2 is 1.63 bits per heavy atom. The lowest BCUT2D eigenvalue weighted by Gasteiger charge is -2.08. The van der Waals surface area contributed by atoms with Crippen LogP contribution in [0.2, 0.25) is 0 Å². The number of nitrogens with one attached hydrogen (secondary N) is 2. The van der Waals surface area contributed by atoms with Gasteiger partial charge in [-0.3, -0.25) is 9.59 Å². The summed E-state index contributed by atoms with van der Waals surface area (Å²) in [5.41, 5.74) is 2.19. The van der Waals surface area contributed by atoms with E-state index in [4.69, 9.17) is 4.52 Å². The minimum atomic E-state index is -3.86. The van der Waals surface area contributed by atoms with Gasteiger partial charge in [0, 0.05) is 29.7 Å². The van der Waals surface area contributed by atoms with Crippen LogP contribution in [0.15, 0.2) is 64.0 Å². The van der Waals surface area contributed by atoms with Gasteiger partial charge in [0.15, 0.2) is 5.78 Å². The Morgan fingerprint density at radius 3 is 2.23 bits per heavy atom. The van der Waals surface area contributed by atoms with Gasteiger partial charge >= 0.3 is 0 Å². The minimum Gasteiger partial charge on any atom is -0.337 e. The smallest absolute Gasteiger partial charge is 0.264 e. The fourth-order valence-electron chi connectivity index (χ4n) is 2.63. The highest BCUT2D eigenvalue weighted by molar-refractivity contribution is 7.92. The predicted molar refractivity (Wildman–Crippen MR) is 112 cm³/mol. The number of aromatic nitrogens is 1. The summed E-state index contributed by atoms with van der Waals surface area (Å²) in [5.74, 6) is -0.384. The average Bonchev–Trinajstić information content (AvgIpc) is 3.04. The van der Waals surface area contributed by atoms with Crippen LogP contribution in [-0.2, 0) is 14.8 Å². The maximum Gasteiger partial charge on any atom is 0.264 e. The van der Waals surface area contributed by atoms with E-state index < -0.39 is 10.0 Å². The maximum atomic E-state index is 12.5. The topological polar surface area (TPSA) is 118 Å². The van der Waals surface area contributed by atoms with Gasteiger partial charge in [-0.15, -0.1) is 0 Å². The lowest BCUT2D eigenvalue weighted by Crippen LogP contribution is -2.15. The van der Waals surface area contributed by atoms with Crippen LogP contribution in [0.25, 0.3) is 0 Å². The number of amides is 1. The fraction of sp³-hybridized carbons (Fsp3) is 0.190. The number of nitrogens with zero attached hydrogens (tertiary/aromatic N) is 1. The van der Waals surface area contributed by atoms with Crippen LogP contribution in [0.3, 0.4) is 0 Å². The number of benzene rings is 2. The summed E-state index contributed by atoms with van der Waals surface area (Å²) >= 11 is 0. The molecule has 0 aliphatic carbocycles.